The molecule has 4 N–H and O–H groups in total. The fourth-order valence-corrected chi connectivity index (χ4v) is 1.58. The van der Waals surface area contributed by atoms with Crippen molar-refractivity contribution in [3.8, 4) is 11.3 Å². The van der Waals surface area contributed by atoms with E-state index in [0.29, 0.717) is 11.3 Å². The molecule has 0 bridgehead atoms. The summed E-state index contributed by atoms with van der Waals surface area (Å²) in [4.78, 5) is 15.5. The normalized spacial score (nSPS) is 11.3. The molecule has 98 valence electrons. The van der Waals surface area contributed by atoms with E-state index in [0.717, 1.165) is 5.56 Å². The van der Waals surface area contributed by atoms with E-state index in [4.69, 9.17) is 10.9 Å². The smallest absolute Gasteiger partial charge is 0.326 e. The Morgan fingerprint density at radius 2 is 2.11 bits per heavy atom. The summed E-state index contributed by atoms with van der Waals surface area (Å²) in [6.07, 6.45) is 3.06. The zero-order valence-corrected chi connectivity index (χ0v) is 10.2. The van der Waals surface area contributed by atoms with Crippen LogP contribution >= 0.6 is 0 Å². The molecular formula is C12H13N5O2. The number of carbonyl (C=O) groups is 1. The zero-order valence-electron chi connectivity index (χ0n) is 10.2. The Hall–Kier alpha value is -2.83. The molecule has 7 nitrogen and oxygen atoms in total. The first-order valence-electron chi connectivity index (χ1n) is 5.50. The summed E-state index contributed by atoms with van der Waals surface area (Å²) >= 11 is 0. The van der Waals surface area contributed by atoms with Gasteiger partial charge in [0.1, 0.15) is 6.33 Å². The Bertz CT molecular complexity index is 615. The third-order valence-electron chi connectivity index (χ3n) is 2.62. The van der Waals surface area contributed by atoms with E-state index in [9.17, 15) is 4.79 Å². The van der Waals surface area contributed by atoms with Crippen molar-refractivity contribution in [2.75, 3.05) is 7.05 Å². The third-order valence-corrected chi connectivity index (χ3v) is 2.62. The molecule has 0 radical (unpaired) electrons. The van der Waals surface area contributed by atoms with Crippen LogP contribution in [0.5, 0.6) is 0 Å². The van der Waals surface area contributed by atoms with Crippen molar-refractivity contribution in [3.63, 3.8) is 0 Å². The number of hydrogen-bond donors (Lipinski definition) is 3. The third kappa shape index (κ3) is 2.54. The highest BCUT2D eigenvalue weighted by molar-refractivity contribution is 5.97. The molecular weight excluding hydrogens is 246 g/mol. The number of oxime groups is 1. The van der Waals surface area contributed by atoms with Crippen LogP contribution in [0, 0.1) is 0 Å². The van der Waals surface area contributed by atoms with Crippen molar-refractivity contribution < 1.29 is 10.0 Å². The summed E-state index contributed by atoms with van der Waals surface area (Å²) in [5.74, 6) is 0.0439. The van der Waals surface area contributed by atoms with Gasteiger partial charge in [0.15, 0.2) is 5.84 Å². The Morgan fingerprint density at radius 1 is 1.42 bits per heavy atom. The minimum absolute atomic E-state index is 0.0439. The molecule has 0 saturated carbocycles. The molecule has 0 aliphatic carbocycles. The number of nitrogens with one attached hydrogen (secondary N) is 1. The number of benzene rings is 1. The van der Waals surface area contributed by atoms with E-state index >= 15 is 0 Å². The molecule has 2 aromatic rings. The minimum Gasteiger partial charge on any atom is -0.409 e. The molecule has 0 atom stereocenters. The van der Waals surface area contributed by atoms with E-state index in [-0.39, 0.29) is 11.9 Å². The van der Waals surface area contributed by atoms with Gasteiger partial charge in [-0.2, -0.15) is 0 Å². The molecule has 0 aliphatic heterocycles. The van der Waals surface area contributed by atoms with Crippen LogP contribution in [0.2, 0.25) is 0 Å². The number of nitrogens with two attached hydrogens (primary N) is 1. The van der Waals surface area contributed by atoms with Gasteiger partial charge >= 0.3 is 6.03 Å². The summed E-state index contributed by atoms with van der Waals surface area (Å²) in [7, 11) is 1.55. The number of amidine groups is 1. The fraction of sp³-hybridized carbons (Fsp3) is 0.0833. The molecule has 19 heavy (non-hydrogen) atoms. The average Bonchev–Trinajstić information content (AvgIpc) is 2.95. The van der Waals surface area contributed by atoms with Crippen LogP contribution in [0.15, 0.2) is 41.9 Å². The van der Waals surface area contributed by atoms with Gasteiger partial charge in [-0.15, -0.1) is 0 Å². The van der Waals surface area contributed by atoms with Crippen molar-refractivity contribution >= 4 is 11.9 Å². The van der Waals surface area contributed by atoms with E-state index in [1.165, 1.54) is 10.9 Å². The van der Waals surface area contributed by atoms with Crippen LogP contribution in [0.4, 0.5) is 4.79 Å². The number of amides is 1. The number of aromatic nitrogens is 2. The van der Waals surface area contributed by atoms with Crippen molar-refractivity contribution in [2.24, 2.45) is 10.9 Å². The Kier molecular flexibility index (Phi) is 3.46. The van der Waals surface area contributed by atoms with Gasteiger partial charge in [-0.25, -0.2) is 9.78 Å². The van der Waals surface area contributed by atoms with Gasteiger partial charge in [-0.05, 0) is 0 Å². The van der Waals surface area contributed by atoms with Crippen LogP contribution in [0.3, 0.4) is 0 Å². The van der Waals surface area contributed by atoms with Crippen molar-refractivity contribution in [2.45, 2.75) is 0 Å². The molecule has 7 heteroatoms. The van der Waals surface area contributed by atoms with Crippen LogP contribution in [0.25, 0.3) is 11.3 Å². The van der Waals surface area contributed by atoms with Gasteiger partial charge in [0, 0.05) is 24.4 Å². The molecule has 0 fully saturated rings. The topological polar surface area (TPSA) is 106 Å². The van der Waals surface area contributed by atoms with E-state index < -0.39 is 0 Å². The van der Waals surface area contributed by atoms with Gasteiger partial charge in [0.2, 0.25) is 0 Å². The first-order valence-corrected chi connectivity index (χ1v) is 5.50. The maximum atomic E-state index is 11.4. The molecule has 0 saturated heterocycles. The minimum atomic E-state index is -0.257. The number of rotatable bonds is 2. The standard InChI is InChI=1S/C12H13N5O2/c1-14-12(18)17-6-10(15-7-17)8-2-4-9(5-3-8)11(13)16-19/h2-7,19H,1H3,(H2,13,16)(H,14,18). The molecule has 0 spiro atoms. The molecule has 0 unspecified atom stereocenters. The van der Waals surface area contributed by atoms with Gasteiger partial charge in [0.25, 0.3) is 0 Å². The molecule has 2 rings (SSSR count). The first-order chi connectivity index (χ1) is 9.15. The second-order valence-corrected chi connectivity index (χ2v) is 3.78. The molecule has 1 amide bonds. The highest BCUT2D eigenvalue weighted by Gasteiger charge is 2.07. The van der Waals surface area contributed by atoms with Gasteiger partial charge in [-0.3, -0.25) is 4.57 Å². The lowest BCUT2D eigenvalue weighted by molar-refractivity contribution is 0.244. The monoisotopic (exact) mass is 259 g/mol. The SMILES string of the molecule is CNC(=O)n1cnc(-c2ccc(/C(N)=N/O)cc2)c1. The predicted molar refractivity (Wildman–Crippen MR) is 70.0 cm³/mol. The predicted octanol–water partition coefficient (Wildman–Crippen LogP) is 0.832. The van der Waals surface area contributed by atoms with E-state index in [1.54, 1.807) is 37.5 Å². The zero-order chi connectivity index (χ0) is 13.8. The summed E-state index contributed by atoms with van der Waals surface area (Å²) in [6.45, 7) is 0. The highest BCUT2D eigenvalue weighted by atomic mass is 16.4. The van der Waals surface area contributed by atoms with Crippen molar-refractivity contribution in [1.29, 1.82) is 0 Å². The van der Waals surface area contributed by atoms with E-state index in [2.05, 4.69) is 15.5 Å². The van der Waals surface area contributed by atoms with E-state index in [1.807, 2.05) is 0 Å². The molecule has 1 aromatic heterocycles. The average molecular weight is 259 g/mol. The van der Waals surface area contributed by atoms with Gasteiger partial charge < -0.3 is 16.3 Å². The molecule has 0 aliphatic rings. The Morgan fingerprint density at radius 3 is 2.68 bits per heavy atom. The summed E-state index contributed by atoms with van der Waals surface area (Å²) in [6, 6.07) is 6.73. The second-order valence-electron chi connectivity index (χ2n) is 3.78. The molecule has 1 aromatic carbocycles. The highest BCUT2D eigenvalue weighted by Crippen LogP contribution is 2.17. The Balaban J connectivity index is 2.27. The van der Waals surface area contributed by atoms with Crippen LogP contribution in [-0.2, 0) is 0 Å². The first kappa shape index (κ1) is 12.6. The second kappa shape index (κ2) is 5.21. The van der Waals surface area contributed by atoms with Crippen molar-refractivity contribution in [1.82, 2.24) is 14.9 Å². The lowest BCUT2D eigenvalue weighted by Gasteiger charge is -2.00. The van der Waals surface area contributed by atoms with Crippen molar-refractivity contribution in [3.05, 3.63) is 42.4 Å². The lowest BCUT2D eigenvalue weighted by Crippen LogP contribution is -2.22. The lowest BCUT2D eigenvalue weighted by atomic mass is 10.1. The van der Waals surface area contributed by atoms with Gasteiger partial charge in [0.05, 0.1) is 5.69 Å². The van der Waals surface area contributed by atoms with Crippen LogP contribution < -0.4 is 11.1 Å². The number of nitrogens with zero attached hydrogens (tertiary/aromatic N) is 3. The van der Waals surface area contributed by atoms with Crippen LogP contribution in [-0.4, -0.2) is 33.7 Å². The van der Waals surface area contributed by atoms with Gasteiger partial charge in [-0.1, -0.05) is 29.4 Å². The number of hydrogen-bond acceptors (Lipinski definition) is 4. The summed E-state index contributed by atoms with van der Waals surface area (Å²) < 4.78 is 1.35. The molecule has 1 heterocycles. The summed E-state index contributed by atoms with van der Waals surface area (Å²) in [5.41, 5.74) is 7.57. The Labute approximate surface area is 109 Å². The number of imidazole rings is 1. The summed E-state index contributed by atoms with van der Waals surface area (Å²) in [5, 5.41) is 14.0. The largest absolute Gasteiger partial charge is 0.409 e. The number of carbonyl (C=O) groups excluding carboxylic acids is 1. The fourth-order valence-electron chi connectivity index (χ4n) is 1.58. The maximum Gasteiger partial charge on any atom is 0.326 e. The maximum absolute atomic E-state index is 11.4. The quantitative estimate of drug-likeness (QED) is 0.321. The van der Waals surface area contributed by atoms with Crippen LogP contribution in [0.1, 0.15) is 5.56 Å².